The number of rotatable bonds is 9. The van der Waals surface area contributed by atoms with Crippen LogP contribution in [0.5, 0.6) is 11.5 Å². The first-order chi connectivity index (χ1) is 32.1. The third kappa shape index (κ3) is 6.89. The molecule has 0 aliphatic carbocycles. The molecule has 4 heterocycles. The predicted octanol–water partition coefficient (Wildman–Crippen LogP) is 14.4. The van der Waals surface area contributed by atoms with Crippen LogP contribution in [0.15, 0.2) is 176 Å². The van der Waals surface area contributed by atoms with Crippen LogP contribution in [0.3, 0.4) is 0 Å². The van der Waals surface area contributed by atoms with E-state index in [1.807, 2.05) is 6.20 Å². The number of fused-ring (bicyclic) bond motifs is 6. The SMILES string of the molecule is Cc1cnc(-n2c3ccccc3c3ccc(Oc4ccc5c(c4)-c4nc(-c6c(-c7ccccc7)cccc6-c6ccccc6)cn4B(c4c(C(C)C)cccc4C(C)C)N5C)cc32)cc1C. The third-order valence-electron chi connectivity index (χ3n) is 13.6. The first kappa shape index (κ1) is 41.1. The molecule has 6 nitrogen and oxygen atoms in total. The lowest BCUT2D eigenvalue weighted by Gasteiger charge is -2.37. The van der Waals surface area contributed by atoms with Crippen molar-refractivity contribution in [2.75, 3.05) is 11.9 Å². The molecule has 0 fully saturated rings. The fraction of sp³-hybridized carbons (Fsp3) is 0.153. The molecule has 7 heteroatoms. The van der Waals surface area contributed by atoms with Crippen LogP contribution >= 0.6 is 0 Å². The van der Waals surface area contributed by atoms with Crippen molar-refractivity contribution in [2.24, 2.45) is 0 Å². The van der Waals surface area contributed by atoms with Gasteiger partial charge >= 0.3 is 6.98 Å². The average molecular weight is 858 g/mol. The Hall–Kier alpha value is -7.64. The van der Waals surface area contributed by atoms with Gasteiger partial charge in [0.25, 0.3) is 0 Å². The molecule has 0 N–H and O–H groups in total. The molecule has 0 radical (unpaired) electrons. The highest BCUT2D eigenvalue weighted by Crippen LogP contribution is 2.45. The van der Waals surface area contributed by atoms with Gasteiger partial charge in [-0.3, -0.25) is 4.57 Å². The van der Waals surface area contributed by atoms with Crippen LogP contribution in [0.2, 0.25) is 0 Å². The van der Waals surface area contributed by atoms with Crippen molar-refractivity contribution in [1.82, 2.24) is 19.0 Å². The Labute approximate surface area is 387 Å². The second-order valence-electron chi connectivity index (χ2n) is 18.4. The van der Waals surface area contributed by atoms with E-state index in [0.717, 1.165) is 84.3 Å². The fourth-order valence-corrected chi connectivity index (χ4v) is 10.2. The lowest BCUT2D eigenvalue weighted by molar-refractivity contribution is 0.483. The van der Waals surface area contributed by atoms with Gasteiger partial charge in [-0.15, -0.1) is 0 Å². The predicted molar refractivity (Wildman–Crippen MR) is 276 cm³/mol. The van der Waals surface area contributed by atoms with E-state index in [1.54, 1.807) is 0 Å². The second kappa shape index (κ2) is 16.4. The number of benzene rings is 7. The number of pyridine rings is 1. The number of aromatic nitrogens is 4. The van der Waals surface area contributed by atoms with E-state index in [0.29, 0.717) is 11.8 Å². The van der Waals surface area contributed by atoms with Crippen LogP contribution in [-0.4, -0.2) is 33.0 Å². The summed E-state index contributed by atoms with van der Waals surface area (Å²) in [4.78, 5) is 13.1. The average Bonchev–Trinajstić information content (AvgIpc) is 3.92. The monoisotopic (exact) mass is 857 g/mol. The standard InChI is InChI=1S/C59H52BN5O/c1-37(2)45-23-16-24-46(38(3)4)58(45)60-63(7)53-31-29-43(66-44-28-30-50-49-22-14-15-27-54(49)65(55(50)34-44)56-32-39(5)40(6)35-61-56)33-51(53)59-62-52(36-64(59)60)57-47(41-18-10-8-11-19-41)25-17-26-48(57)42-20-12-9-13-21-42/h8-38H,1-7H3. The molecule has 0 saturated carbocycles. The van der Waals surface area contributed by atoms with Crippen LogP contribution in [0, 0.1) is 13.8 Å². The minimum atomic E-state index is -0.149. The summed E-state index contributed by atoms with van der Waals surface area (Å²) < 4.78 is 11.6. The van der Waals surface area contributed by atoms with E-state index in [4.69, 9.17) is 14.7 Å². The lowest BCUT2D eigenvalue weighted by atomic mass is 9.58. The van der Waals surface area contributed by atoms with Gasteiger partial charge in [-0.1, -0.05) is 143 Å². The summed E-state index contributed by atoms with van der Waals surface area (Å²) in [7, 11) is 2.23. The number of hydrogen-bond acceptors (Lipinski definition) is 4. The van der Waals surface area contributed by atoms with Gasteiger partial charge in [0, 0.05) is 46.0 Å². The smallest absolute Gasteiger partial charge is 0.417 e. The minimum absolute atomic E-state index is 0.149. The fourth-order valence-electron chi connectivity index (χ4n) is 10.2. The Morgan fingerprint density at radius 2 is 1.17 bits per heavy atom. The number of para-hydroxylation sites is 1. The topological polar surface area (TPSA) is 48.1 Å². The Morgan fingerprint density at radius 3 is 1.83 bits per heavy atom. The molecular weight excluding hydrogens is 805 g/mol. The number of ether oxygens (including phenoxy) is 1. The van der Waals surface area contributed by atoms with Crippen LogP contribution in [0.1, 0.15) is 61.8 Å². The first-order valence-electron chi connectivity index (χ1n) is 23.1. The van der Waals surface area contributed by atoms with Crippen molar-refractivity contribution < 1.29 is 4.74 Å². The molecule has 11 rings (SSSR count). The molecule has 1 aliphatic heterocycles. The first-order valence-corrected chi connectivity index (χ1v) is 23.1. The van der Waals surface area contributed by atoms with Gasteiger partial charge in [0.15, 0.2) is 0 Å². The summed E-state index contributed by atoms with van der Waals surface area (Å²) in [6.07, 6.45) is 4.26. The van der Waals surface area contributed by atoms with E-state index in [1.165, 1.54) is 33.1 Å². The summed E-state index contributed by atoms with van der Waals surface area (Å²) in [5.41, 5.74) is 17.3. The molecular formula is C59H52BN5O. The highest BCUT2D eigenvalue weighted by Gasteiger charge is 2.40. The van der Waals surface area contributed by atoms with Crippen LogP contribution in [-0.2, 0) is 0 Å². The molecule has 66 heavy (non-hydrogen) atoms. The summed E-state index contributed by atoms with van der Waals surface area (Å²) in [5, 5.41) is 2.33. The molecule has 0 atom stereocenters. The van der Waals surface area contributed by atoms with Gasteiger partial charge in [-0.05, 0) is 125 Å². The number of hydrogen-bond donors (Lipinski definition) is 0. The molecule has 7 aromatic carbocycles. The van der Waals surface area contributed by atoms with Gasteiger partial charge in [0.05, 0.1) is 16.7 Å². The van der Waals surface area contributed by atoms with Crippen molar-refractivity contribution in [3.05, 3.63) is 198 Å². The highest BCUT2D eigenvalue weighted by molar-refractivity contribution is 6.77. The molecule has 0 spiro atoms. The maximum Gasteiger partial charge on any atom is 0.417 e. The Kier molecular flexibility index (Phi) is 10.2. The van der Waals surface area contributed by atoms with Crippen molar-refractivity contribution in [1.29, 1.82) is 0 Å². The van der Waals surface area contributed by atoms with E-state index in [9.17, 15) is 0 Å². The van der Waals surface area contributed by atoms with E-state index in [-0.39, 0.29) is 6.98 Å². The van der Waals surface area contributed by atoms with Crippen molar-refractivity contribution >= 4 is 39.9 Å². The van der Waals surface area contributed by atoms with Gasteiger partial charge < -0.3 is 14.0 Å². The maximum absolute atomic E-state index is 6.90. The van der Waals surface area contributed by atoms with Gasteiger partial charge in [-0.2, -0.15) is 0 Å². The molecule has 0 bridgehead atoms. The van der Waals surface area contributed by atoms with Crippen LogP contribution in [0.4, 0.5) is 5.69 Å². The number of nitrogens with zero attached hydrogens (tertiary/aromatic N) is 5. The molecule has 1 aliphatic rings. The molecule has 322 valence electrons. The Morgan fingerprint density at radius 1 is 0.561 bits per heavy atom. The van der Waals surface area contributed by atoms with Gasteiger partial charge in [-0.25, -0.2) is 9.97 Å². The summed E-state index contributed by atoms with van der Waals surface area (Å²) in [6.45, 7) is 13.3. The van der Waals surface area contributed by atoms with Crippen molar-refractivity contribution in [2.45, 2.75) is 53.4 Å². The molecule has 0 unspecified atom stereocenters. The number of aryl methyl sites for hydroxylation is 2. The highest BCUT2D eigenvalue weighted by atomic mass is 16.5. The zero-order valence-electron chi connectivity index (χ0n) is 38.6. The Bertz CT molecular complexity index is 3380. The summed E-state index contributed by atoms with van der Waals surface area (Å²) in [6, 6.07) is 58.5. The summed E-state index contributed by atoms with van der Waals surface area (Å²) in [5.74, 6) is 3.92. The Balaban J connectivity index is 1.10. The van der Waals surface area contributed by atoms with E-state index >= 15 is 0 Å². The van der Waals surface area contributed by atoms with Crippen molar-refractivity contribution in [3.8, 4) is 62.2 Å². The quantitative estimate of drug-likeness (QED) is 0.136. The zero-order chi connectivity index (χ0) is 45.2. The third-order valence-corrected chi connectivity index (χ3v) is 13.6. The van der Waals surface area contributed by atoms with Gasteiger partial charge in [0.2, 0.25) is 0 Å². The van der Waals surface area contributed by atoms with Gasteiger partial charge in [0.1, 0.15) is 23.1 Å². The minimum Gasteiger partial charge on any atom is -0.457 e. The molecule has 0 amide bonds. The van der Waals surface area contributed by atoms with Crippen molar-refractivity contribution in [3.63, 3.8) is 0 Å². The molecule has 3 aromatic heterocycles. The second-order valence-corrected chi connectivity index (χ2v) is 18.4. The van der Waals surface area contributed by atoms with E-state index < -0.39 is 0 Å². The molecule has 10 aromatic rings. The normalized spacial score (nSPS) is 12.4. The molecule has 0 saturated heterocycles. The largest absolute Gasteiger partial charge is 0.457 e. The van der Waals surface area contributed by atoms with E-state index in [2.05, 4.69) is 232 Å². The van der Waals surface area contributed by atoms with Crippen LogP contribution in [0.25, 0.3) is 72.5 Å². The lowest BCUT2D eigenvalue weighted by Crippen LogP contribution is -2.56. The maximum atomic E-state index is 6.90. The summed E-state index contributed by atoms with van der Waals surface area (Å²) >= 11 is 0. The zero-order valence-corrected chi connectivity index (χ0v) is 38.6. The van der Waals surface area contributed by atoms with Crippen LogP contribution < -0.4 is 15.0 Å². The number of imidazole rings is 1. The number of anilines is 1.